The molecular weight excluding hydrogens is 571 g/mol. The monoisotopic (exact) mass is 594 g/mol. The third-order valence-corrected chi connectivity index (χ3v) is 6.95. The van der Waals surface area contributed by atoms with Gasteiger partial charge < -0.3 is 18.9 Å². The number of anilines is 1. The molecule has 0 saturated carbocycles. The molecule has 1 saturated heterocycles. The van der Waals surface area contributed by atoms with E-state index in [-0.39, 0.29) is 24.7 Å². The van der Waals surface area contributed by atoms with Crippen molar-refractivity contribution in [3.8, 4) is 23.0 Å². The number of ether oxygens (including phenoxy) is 4. The number of halogens is 2. The molecule has 1 N–H and O–H groups in total. The molecule has 0 aromatic heterocycles. The smallest absolute Gasteiger partial charge is 0.335 e. The van der Waals surface area contributed by atoms with Gasteiger partial charge in [0, 0.05) is 11.6 Å². The van der Waals surface area contributed by atoms with E-state index in [9.17, 15) is 14.4 Å². The van der Waals surface area contributed by atoms with Crippen LogP contribution in [0, 0.1) is 0 Å². The highest BCUT2D eigenvalue weighted by Crippen LogP contribution is 2.38. The van der Waals surface area contributed by atoms with Gasteiger partial charge >= 0.3 is 6.03 Å². The van der Waals surface area contributed by atoms with Crippen LogP contribution in [0.15, 0.2) is 66.8 Å². The Labute approximate surface area is 245 Å². The first kappa shape index (κ1) is 28.1. The number of carbonyl (C=O) groups excluding carboxylic acids is 3. The minimum atomic E-state index is -0.871. The second-order valence-corrected chi connectivity index (χ2v) is 9.78. The van der Waals surface area contributed by atoms with Gasteiger partial charge in [-0.05, 0) is 66.9 Å². The van der Waals surface area contributed by atoms with E-state index in [1.165, 1.54) is 18.2 Å². The van der Waals surface area contributed by atoms with Gasteiger partial charge in [-0.2, -0.15) is 0 Å². The van der Waals surface area contributed by atoms with E-state index < -0.39 is 17.8 Å². The third kappa shape index (κ3) is 5.86. The van der Waals surface area contributed by atoms with Crippen molar-refractivity contribution in [3.63, 3.8) is 0 Å². The number of urea groups is 1. The summed E-state index contributed by atoms with van der Waals surface area (Å²) >= 11 is 12.2. The number of carbonyl (C=O) groups is 3. The van der Waals surface area contributed by atoms with Crippen molar-refractivity contribution in [1.82, 2.24) is 5.32 Å². The van der Waals surface area contributed by atoms with Crippen LogP contribution >= 0.6 is 23.2 Å². The van der Waals surface area contributed by atoms with Crippen LogP contribution in [0.3, 0.4) is 0 Å². The number of benzene rings is 3. The van der Waals surface area contributed by atoms with Crippen molar-refractivity contribution in [1.29, 1.82) is 0 Å². The molecule has 3 aromatic rings. The van der Waals surface area contributed by atoms with Crippen LogP contribution in [0.2, 0.25) is 10.0 Å². The summed E-state index contributed by atoms with van der Waals surface area (Å²) < 4.78 is 22.7. The topological polar surface area (TPSA) is 103 Å². The van der Waals surface area contributed by atoms with Gasteiger partial charge in [-0.15, -0.1) is 6.58 Å². The molecule has 0 aliphatic carbocycles. The van der Waals surface area contributed by atoms with Crippen LogP contribution in [-0.4, -0.2) is 31.2 Å². The molecule has 0 spiro atoms. The van der Waals surface area contributed by atoms with Crippen LogP contribution in [0.4, 0.5) is 10.5 Å². The highest BCUT2D eigenvalue weighted by atomic mass is 35.5. The Bertz CT molecular complexity index is 1600. The Balaban J connectivity index is 1.49. The Kier molecular flexibility index (Phi) is 8.19. The number of nitrogens with zero attached hydrogens (tertiary/aromatic N) is 1. The van der Waals surface area contributed by atoms with Gasteiger partial charge in [-0.1, -0.05) is 35.3 Å². The summed E-state index contributed by atoms with van der Waals surface area (Å²) in [5.74, 6) is 0.159. The Morgan fingerprint density at radius 2 is 1.80 bits per heavy atom. The number of barbiturate groups is 1. The Morgan fingerprint density at radius 3 is 2.56 bits per heavy atom. The fourth-order valence-electron chi connectivity index (χ4n) is 4.37. The molecule has 0 bridgehead atoms. The molecule has 0 radical (unpaired) electrons. The van der Waals surface area contributed by atoms with Crippen molar-refractivity contribution in [3.05, 3.63) is 93.5 Å². The minimum Gasteiger partial charge on any atom is -0.490 e. The van der Waals surface area contributed by atoms with E-state index >= 15 is 0 Å². The zero-order chi connectivity index (χ0) is 29.1. The summed E-state index contributed by atoms with van der Waals surface area (Å²) in [7, 11) is 0. The van der Waals surface area contributed by atoms with Gasteiger partial charge in [0.2, 0.25) is 6.79 Å². The fourth-order valence-corrected chi connectivity index (χ4v) is 4.69. The van der Waals surface area contributed by atoms with Crippen LogP contribution in [0.1, 0.15) is 23.6 Å². The molecule has 11 heteroatoms. The minimum absolute atomic E-state index is 0.0327. The summed E-state index contributed by atoms with van der Waals surface area (Å²) in [6.07, 6.45) is 3.52. The number of fused-ring (bicyclic) bond motifs is 1. The molecule has 41 heavy (non-hydrogen) atoms. The number of hydrogen-bond donors (Lipinski definition) is 1. The fraction of sp³-hybridized carbons (Fsp3) is 0.167. The van der Waals surface area contributed by atoms with E-state index in [1.807, 2.05) is 6.92 Å². The molecule has 0 unspecified atom stereocenters. The quantitative estimate of drug-likeness (QED) is 0.181. The molecule has 2 aliphatic heterocycles. The molecule has 210 valence electrons. The van der Waals surface area contributed by atoms with Gasteiger partial charge in [0.1, 0.15) is 12.2 Å². The Morgan fingerprint density at radius 1 is 1.00 bits per heavy atom. The first-order valence-electron chi connectivity index (χ1n) is 12.6. The SMILES string of the molecule is C=CCc1cc(/C=C2\C(=O)NC(=O)N(c3ccc4c(c3)OCO4)C2=O)cc(OCC)c1OCc1ccc(Cl)c(Cl)c1. The summed E-state index contributed by atoms with van der Waals surface area (Å²) in [4.78, 5) is 39.8. The normalized spacial score (nSPS) is 15.2. The van der Waals surface area contributed by atoms with Crippen LogP contribution in [0.25, 0.3) is 6.08 Å². The van der Waals surface area contributed by atoms with E-state index in [0.717, 1.165) is 10.5 Å². The number of rotatable bonds is 9. The average Bonchev–Trinajstić information content (AvgIpc) is 3.41. The van der Waals surface area contributed by atoms with Gasteiger partial charge in [0.05, 0.1) is 22.3 Å². The zero-order valence-electron chi connectivity index (χ0n) is 21.9. The van der Waals surface area contributed by atoms with Gasteiger partial charge in [-0.3, -0.25) is 14.9 Å². The van der Waals surface area contributed by atoms with Crippen LogP contribution in [0.5, 0.6) is 23.0 Å². The van der Waals surface area contributed by atoms with Crippen molar-refractivity contribution in [2.75, 3.05) is 18.3 Å². The lowest BCUT2D eigenvalue weighted by Gasteiger charge is -2.26. The van der Waals surface area contributed by atoms with Crippen molar-refractivity contribution in [2.45, 2.75) is 20.0 Å². The molecule has 4 amide bonds. The predicted molar refractivity (Wildman–Crippen MR) is 154 cm³/mol. The van der Waals surface area contributed by atoms with Gasteiger partial charge in [0.25, 0.3) is 11.8 Å². The lowest BCUT2D eigenvalue weighted by atomic mass is 10.0. The largest absolute Gasteiger partial charge is 0.490 e. The molecule has 5 rings (SSSR count). The number of imide groups is 2. The standard InChI is InChI=1S/C30H24Cl2N2O7/c1-3-5-19-10-18(13-26(38-4-2)27(19)39-15-17-6-8-22(31)23(32)12-17)11-21-28(35)33-30(37)34(29(21)36)20-7-9-24-25(14-20)41-16-40-24/h3,6-14H,1,4-5,15-16H2,2H3,(H,33,35,37)/b21-11+. The van der Waals surface area contributed by atoms with Gasteiger partial charge in [-0.25, -0.2) is 9.69 Å². The van der Waals surface area contributed by atoms with E-state index in [0.29, 0.717) is 57.2 Å². The maximum absolute atomic E-state index is 13.5. The number of amides is 4. The van der Waals surface area contributed by atoms with Gasteiger partial charge in [0.15, 0.2) is 23.0 Å². The molecule has 3 aromatic carbocycles. The van der Waals surface area contributed by atoms with E-state index in [4.69, 9.17) is 42.1 Å². The van der Waals surface area contributed by atoms with Crippen LogP contribution < -0.4 is 29.2 Å². The molecule has 1 fully saturated rings. The van der Waals surface area contributed by atoms with Crippen molar-refractivity contribution in [2.24, 2.45) is 0 Å². The third-order valence-electron chi connectivity index (χ3n) is 6.21. The molecular formula is C30H24Cl2N2O7. The van der Waals surface area contributed by atoms with Crippen LogP contribution in [-0.2, 0) is 22.6 Å². The molecule has 2 aliphatic rings. The highest BCUT2D eigenvalue weighted by molar-refractivity contribution is 6.42. The van der Waals surface area contributed by atoms with E-state index in [1.54, 1.807) is 42.5 Å². The first-order chi connectivity index (χ1) is 19.8. The molecule has 9 nitrogen and oxygen atoms in total. The summed E-state index contributed by atoms with van der Waals surface area (Å²) in [5.41, 5.74) is 1.99. The maximum Gasteiger partial charge on any atom is 0.335 e. The summed E-state index contributed by atoms with van der Waals surface area (Å²) in [6.45, 7) is 6.22. The number of allylic oxidation sites excluding steroid dienone is 1. The van der Waals surface area contributed by atoms with Crippen molar-refractivity contribution >= 4 is 52.8 Å². The van der Waals surface area contributed by atoms with E-state index in [2.05, 4.69) is 11.9 Å². The predicted octanol–water partition coefficient (Wildman–Crippen LogP) is 6.09. The first-order valence-corrected chi connectivity index (χ1v) is 13.3. The lowest BCUT2D eigenvalue weighted by molar-refractivity contribution is -0.122. The second kappa shape index (κ2) is 12.0. The lowest BCUT2D eigenvalue weighted by Crippen LogP contribution is -2.54. The second-order valence-electron chi connectivity index (χ2n) is 8.97. The zero-order valence-corrected chi connectivity index (χ0v) is 23.4. The van der Waals surface area contributed by atoms with Crippen molar-refractivity contribution < 1.29 is 33.3 Å². The average molecular weight is 595 g/mol. The maximum atomic E-state index is 13.5. The molecule has 2 heterocycles. The highest BCUT2D eigenvalue weighted by Gasteiger charge is 2.37. The number of nitrogens with one attached hydrogen (secondary N) is 1. The summed E-state index contributed by atoms with van der Waals surface area (Å²) in [5, 5.41) is 3.08. The molecule has 0 atom stereocenters. The summed E-state index contributed by atoms with van der Waals surface area (Å²) in [6, 6.07) is 12.4. The Hall–Kier alpha value is -4.47. The number of hydrogen-bond acceptors (Lipinski definition) is 7.